The van der Waals surface area contributed by atoms with Crippen LogP contribution in [0.4, 0.5) is 0 Å². The van der Waals surface area contributed by atoms with Gasteiger partial charge >= 0.3 is 0 Å². The number of ether oxygens (including phenoxy) is 2. The van der Waals surface area contributed by atoms with Gasteiger partial charge in [0.25, 0.3) is 0 Å². The Bertz CT molecular complexity index is 427. The van der Waals surface area contributed by atoms with E-state index in [1.165, 1.54) is 0 Å². The van der Waals surface area contributed by atoms with Crippen molar-refractivity contribution in [3.63, 3.8) is 0 Å². The first-order chi connectivity index (χ1) is 10.0. The Morgan fingerprint density at radius 1 is 1.05 bits per heavy atom. The van der Waals surface area contributed by atoms with E-state index >= 15 is 0 Å². The summed E-state index contributed by atoms with van der Waals surface area (Å²) >= 11 is 0. The molecule has 1 aromatic carbocycles. The molecule has 0 spiro atoms. The minimum absolute atomic E-state index is 0.132. The molecule has 0 saturated carbocycles. The quantitative estimate of drug-likeness (QED) is 0.442. The van der Waals surface area contributed by atoms with Crippen molar-refractivity contribution in [1.29, 1.82) is 0 Å². The predicted octanol–water partition coefficient (Wildman–Crippen LogP) is -1.64. The van der Waals surface area contributed by atoms with Gasteiger partial charge < -0.3 is 35.0 Å². The molecule has 7 nitrogen and oxygen atoms in total. The summed E-state index contributed by atoms with van der Waals surface area (Å²) in [7, 11) is 0. The smallest absolute Gasteiger partial charge is 0.187 e. The van der Waals surface area contributed by atoms with Gasteiger partial charge in [-0.2, -0.15) is 0 Å². The van der Waals surface area contributed by atoms with E-state index in [0.29, 0.717) is 0 Å². The molecular weight excluding hydrogens is 280 g/mol. The fourth-order valence-electron chi connectivity index (χ4n) is 2.19. The number of aliphatic hydroxyl groups is 5. The molecule has 1 saturated heterocycles. The maximum Gasteiger partial charge on any atom is 0.187 e. The first-order valence-electron chi connectivity index (χ1n) is 6.68. The maximum atomic E-state index is 9.85. The first-order valence-corrected chi connectivity index (χ1v) is 6.68. The average molecular weight is 300 g/mol. The van der Waals surface area contributed by atoms with Crippen LogP contribution < -0.4 is 0 Å². The summed E-state index contributed by atoms with van der Waals surface area (Å²) in [5.41, 5.74) is 0.841. The molecule has 1 aliphatic heterocycles. The van der Waals surface area contributed by atoms with Gasteiger partial charge in [-0.05, 0) is 5.56 Å². The second-order valence-electron chi connectivity index (χ2n) is 4.99. The molecule has 7 heteroatoms. The molecule has 6 unspecified atom stereocenters. The number of rotatable bonds is 5. The van der Waals surface area contributed by atoms with E-state index in [9.17, 15) is 20.4 Å². The largest absolute Gasteiger partial charge is 0.394 e. The minimum Gasteiger partial charge on any atom is -0.394 e. The van der Waals surface area contributed by atoms with E-state index in [1.807, 2.05) is 30.3 Å². The van der Waals surface area contributed by atoms with E-state index in [-0.39, 0.29) is 6.61 Å². The fourth-order valence-corrected chi connectivity index (χ4v) is 2.19. The Kier molecular flexibility index (Phi) is 5.65. The molecule has 0 aliphatic carbocycles. The second kappa shape index (κ2) is 7.28. The first kappa shape index (κ1) is 16.3. The van der Waals surface area contributed by atoms with E-state index < -0.39 is 43.4 Å². The Labute approximate surface area is 122 Å². The molecule has 0 radical (unpaired) electrons. The normalized spacial score (nSPS) is 34.6. The average Bonchev–Trinajstić information content (AvgIpc) is 2.52. The lowest BCUT2D eigenvalue weighted by Gasteiger charge is -2.41. The van der Waals surface area contributed by atoms with Gasteiger partial charge in [0.05, 0.1) is 13.2 Å². The Morgan fingerprint density at radius 2 is 1.71 bits per heavy atom. The zero-order chi connectivity index (χ0) is 15.4. The van der Waals surface area contributed by atoms with Crippen molar-refractivity contribution in [3.05, 3.63) is 35.9 Å². The molecule has 2 rings (SSSR count). The van der Waals surface area contributed by atoms with Crippen LogP contribution >= 0.6 is 0 Å². The van der Waals surface area contributed by atoms with Gasteiger partial charge in [-0.15, -0.1) is 0 Å². The molecule has 118 valence electrons. The van der Waals surface area contributed by atoms with E-state index in [0.717, 1.165) is 5.56 Å². The van der Waals surface area contributed by atoms with Gasteiger partial charge in [0, 0.05) is 0 Å². The SMILES string of the molecule is OCC(O)C1OC(OCc2ccccc2)C(O)C(O)C1O. The predicted molar refractivity (Wildman–Crippen MR) is 71.0 cm³/mol. The molecule has 6 atom stereocenters. The molecule has 1 fully saturated rings. The van der Waals surface area contributed by atoms with Gasteiger partial charge in [0.2, 0.25) is 0 Å². The van der Waals surface area contributed by atoms with Crippen LogP contribution in [0.3, 0.4) is 0 Å². The molecule has 1 heterocycles. The van der Waals surface area contributed by atoms with Crippen LogP contribution in [0, 0.1) is 0 Å². The highest BCUT2D eigenvalue weighted by Crippen LogP contribution is 2.24. The highest BCUT2D eigenvalue weighted by molar-refractivity contribution is 5.13. The summed E-state index contributed by atoms with van der Waals surface area (Å²) in [4.78, 5) is 0. The standard InChI is InChI=1S/C14H20O7/c15-6-9(16)13-11(18)10(17)12(19)14(21-13)20-7-8-4-2-1-3-5-8/h1-5,9-19H,6-7H2. The third-order valence-corrected chi connectivity index (χ3v) is 3.43. The summed E-state index contributed by atoms with van der Waals surface area (Å²) < 4.78 is 10.7. The lowest BCUT2D eigenvalue weighted by atomic mass is 9.95. The summed E-state index contributed by atoms with van der Waals surface area (Å²) in [6, 6.07) is 9.14. The van der Waals surface area contributed by atoms with E-state index in [2.05, 4.69) is 0 Å². The lowest BCUT2D eigenvalue weighted by Crippen LogP contribution is -2.61. The number of aliphatic hydroxyl groups excluding tert-OH is 5. The van der Waals surface area contributed by atoms with E-state index in [1.54, 1.807) is 0 Å². The van der Waals surface area contributed by atoms with Crippen LogP contribution in [0.1, 0.15) is 5.56 Å². The summed E-state index contributed by atoms with van der Waals surface area (Å²) in [6.07, 6.45) is -8.34. The Balaban J connectivity index is 2.00. The zero-order valence-corrected chi connectivity index (χ0v) is 11.3. The van der Waals surface area contributed by atoms with Crippen molar-refractivity contribution >= 4 is 0 Å². The van der Waals surface area contributed by atoms with E-state index in [4.69, 9.17) is 14.6 Å². The van der Waals surface area contributed by atoms with Crippen molar-refractivity contribution in [3.8, 4) is 0 Å². The maximum absolute atomic E-state index is 9.85. The highest BCUT2D eigenvalue weighted by atomic mass is 16.7. The van der Waals surface area contributed by atoms with Crippen molar-refractivity contribution in [2.75, 3.05) is 6.61 Å². The van der Waals surface area contributed by atoms with Gasteiger partial charge in [-0.25, -0.2) is 0 Å². The van der Waals surface area contributed by atoms with Gasteiger partial charge in [-0.3, -0.25) is 0 Å². The highest BCUT2D eigenvalue weighted by Gasteiger charge is 2.46. The molecule has 21 heavy (non-hydrogen) atoms. The minimum atomic E-state index is -1.54. The molecule has 0 amide bonds. The molecule has 0 aromatic heterocycles. The molecule has 0 bridgehead atoms. The summed E-state index contributed by atoms with van der Waals surface area (Å²) in [6.45, 7) is -0.511. The monoisotopic (exact) mass is 300 g/mol. The third kappa shape index (κ3) is 3.78. The lowest BCUT2D eigenvalue weighted by molar-refractivity contribution is -0.314. The van der Waals surface area contributed by atoms with Crippen LogP contribution in [0.25, 0.3) is 0 Å². The van der Waals surface area contributed by atoms with Crippen LogP contribution in [0.15, 0.2) is 30.3 Å². The van der Waals surface area contributed by atoms with Crippen molar-refractivity contribution < 1.29 is 35.0 Å². The molecule has 1 aliphatic rings. The summed E-state index contributed by atoms with van der Waals surface area (Å²) in [5.74, 6) is 0. The molecule has 1 aromatic rings. The Morgan fingerprint density at radius 3 is 2.33 bits per heavy atom. The number of hydrogen-bond donors (Lipinski definition) is 5. The van der Waals surface area contributed by atoms with Crippen molar-refractivity contribution in [2.24, 2.45) is 0 Å². The van der Waals surface area contributed by atoms with Crippen LogP contribution in [0.5, 0.6) is 0 Å². The van der Waals surface area contributed by atoms with Crippen LogP contribution in [-0.2, 0) is 16.1 Å². The number of benzene rings is 1. The van der Waals surface area contributed by atoms with Crippen LogP contribution in [0.2, 0.25) is 0 Å². The fraction of sp³-hybridized carbons (Fsp3) is 0.571. The van der Waals surface area contributed by atoms with Crippen molar-refractivity contribution in [2.45, 2.75) is 43.4 Å². The molecule has 5 N–H and O–H groups in total. The topological polar surface area (TPSA) is 120 Å². The summed E-state index contributed by atoms with van der Waals surface area (Å²) in [5, 5.41) is 47.9. The van der Waals surface area contributed by atoms with Crippen molar-refractivity contribution in [1.82, 2.24) is 0 Å². The van der Waals surface area contributed by atoms with Gasteiger partial charge in [0.1, 0.15) is 30.5 Å². The van der Waals surface area contributed by atoms with Gasteiger partial charge in [-0.1, -0.05) is 30.3 Å². The molecular formula is C14H20O7. The number of hydrogen-bond acceptors (Lipinski definition) is 7. The third-order valence-electron chi connectivity index (χ3n) is 3.43. The van der Waals surface area contributed by atoms with Crippen LogP contribution in [-0.4, -0.2) is 68.9 Å². The Hall–Kier alpha value is -1.06. The van der Waals surface area contributed by atoms with Gasteiger partial charge in [0.15, 0.2) is 6.29 Å². The zero-order valence-electron chi connectivity index (χ0n) is 11.3. The second-order valence-corrected chi connectivity index (χ2v) is 4.99.